The van der Waals surface area contributed by atoms with Crippen molar-refractivity contribution in [2.45, 2.75) is 41.5 Å². The van der Waals surface area contributed by atoms with Crippen molar-refractivity contribution in [1.82, 2.24) is 0 Å². The number of nitrogens with zero attached hydrogens (tertiary/aromatic N) is 1. The summed E-state index contributed by atoms with van der Waals surface area (Å²) in [7, 11) is 4.11. The molecular weight excluding hydrogens is 340 g/mol. The summed E-state index contributed by atoms with van der Waals surface area (Å²) in [6, 6.07) is 10.8. The third-order valence-electron chi connectivity index (χ3n) is 6.36. The molecule has 0 saturated carbocycles. The van der Waals surface area contributed by atoms with Gasteiger partial charge in [0.1, 0.15) is 0 Å². The molecule has 3 rings (SSSR count). The second-order valence-corrected chi connectivity index (χ2v) is 8.36. The summed E-state index contributed by atoms with van der Waals surface area (Å²) in [4.78, 5) is 2.11. The number of rotatable bonds is 4. The Hall–Kier alpha value is -2.61. The summed E-state index contributed by atoms with van der Waals surface area (Å²) >= 11 is 0. The van der Waals surface area contributed by atoms with Gasteiger partial charge >= 0.3 is 0 Å². The summed E-state index contributed by atoms with van der Waals surface area (Å²) in [5.74, 6) is 0.373. The monoisotopic (exact) mass is 372 g/mol. The van der Waals surface area contributed by atoms with E-state index in [9.17, 15) is 0 Å². The van der Waals surface area contributed by atoms with Gasteiger partial charge in [0.2, 0.25) is 0 Å². The van der Waals surface area contributed by atoms with Gasteiger partial charge < -0.3 is 4.90 Å². The fourth-order valence-electron chi connectivity index (χ4n) is 4.21. The van der Waals surface area contributed by atoms with E-state index in [1.165, 1.54) is 39.0 Å². The first kappa shape index (κ1) is 20.1. The van der Waals surface area contributed by atoms with Crippen LogP contribution < -0.4 is 4.90 Å². The third kappa shape index (κ3) is 3.32. The predicted octanol–water partition coefficient (Wildman–Crippen LogP) is 6.46. The molecule has 0 saturated heterocycles. The zero-order valence-corrected chi connectivity index (χ0v) is 18.5. The fourth-order valence-corrected chi connectivity index (χ4v) is 4.21. The Bertz CT molecular complexity index is 1020. The molecule has 2 aromatic carbocycles. The second kappa shape index (κ2) is 7.43. The van der Waals surface area contributed by atoms with Gasteiger partial charge in [0, 0.05) is 36.8 Å². The summed E-state index contributed by atoms with van der Waals surface area (Å²) in [6.07, 6.45) is 2.33. The zero-order chi connectivity index (χ0) is 20.7. The SMILES string of the molecule is CC1=CC(C)C(c2ccc(N(C)C)cc2C(=N)c2ccc(C)c(C)c2C)=C1C. The van der Waals surface area contributed by atoms with Crippen molar-refractivity contribution in [3.8, 4) is 0 Å². The molecule has 1 unspecified atom stereocenters. The van der Waals surface area contributed by atoms with Gasteiger partial charge in [-0.2, -0.15) is 0 Å². The fraction of sp³-hybridized carbons (Fsp3) is 0.346. The number of aryl methyl sites for hydroxylation is 1. The summed E-state index contributed by atoms with van der Waals surface area (Å²) in [5.41, 5.74) is 12.7. The molecule has 1 N–H and O–H groups in total. The molecule has 1 atom stereocenters. The van der Waals surface area contributed by atoms with Gasteiger partial charge in [-0.25, -0.2) is 0 Å². The molecule has 28 heavy (non-hydrogen) atoms. The lowest BCUT2D eigenvalue weighted by atomic mass is 9.85. The van der Waals surface area contributed by atoms with Crippen molar-refractivity contribution in [1.29, 1.82) is 5.41 Å². The lowest BCUT2D eigenvalue weighted by Crippen LogP contribution is -2.13. The van der Waals surface area contributed by atoms with Gasteiger partial charge in [-0.05, 0) is 80.2 Å². The summed E-state index contributed by atoms with van der Waals surface area (Å²) in [5, 5.41) is 9.15. The topological polar surface area (TPSA) is 27.1 Å². The lowest BCUT2D eigenvalue weighted by Gasteiger charge is -2.21. The number of nitrogens with one attached hydrogen (secondary N) is 1. The standard InChI is InChI=1S/C26H32N2/c1-15-9-11-22(20(6)18(15)4)26(27)24-14-21(28(7)8)10-12-23(24)25-17(3)13-16(2)19(25)5/h9-14,17,27H,1-8H3. The predicted molar refractivity (Wildman–Crippen MR) is 123 cm³/mol. The van der Waals surface area contributed by atoms with Crippen LogP contribution in [-0.4, -0.2) is 19.8 Å². The number of benzene rings is 2. The second-order valence-electron chi connectivity index (χ2n) is 8.36. The molecule has 1 aliphatic rings. The molecule has 0 fully saturated rings. The number of hydrogen-bond donors (Lipinski definition) is 1. The Kier molecular flexibility index (Phi) is 5.34. The van der Waals surface area contributed by atoms with Crippen LogP contribution in [0.2, 0.25) is 0 Å². The van der Waals surface area contributed by atoms with E-state index in [1.807, 2.05) is 0 Å². The number of allylic oxidation sites excluding steroid dienone is 4. The van der Waals surface area contributed by atoms with Crippen LogP contribution in [0.25, 0.3) is 5.57 Å². The van der Waals surface area contributed by atoms with E-state index in [0.29, 0.717) is 11.6 Å². The molecule has 0 bridgehead atoms. The van der Waals surface area contributed by atoms with Crippen LogP contribution in [0.1, 0.15) is 54.2 Å². The molecule has 0 amide bonds. The molecule has 0 aliphatic heterocycles. The van der Waals surface area contributed by atoms with Gasteiger partial charge in [0.25, 0.3) is 0 Å². The molecule has 0 radical (unpaired) electrons. The summed E-state index contributed by atoms with van der Waals surface area (Å²) < 4.78 is 0. The Morgan fingerprint density at radius 1 is 0.893 bits per heavy atom. The van der Waals surface area contributed by atoms with Gasteiger partial charge in [-0.1, -0.05) is 36.8 Å². The van der Waals surface area contributed by atoms with Crippen molar-refractivity contribution in [2.75, 3.05) is 19.0 Å². The number of anilines is 1. The highest BCUT2D eigenvalue weighted by Crippen LogP contribution is 2.40. The highest BCUT2D eigenvalue weighted by molar-refractivity contribution is 6.15. The smallest absolute Gasteiger partial charge is 0.0694 e. The third-order valence-corrected chi connectivity index (χ3v) is 6.36. The van der Waals surface area contributed by atoms with Gasteiger partial charge in [0.15, 0.2) is 0 Å². The van der Waals surface area contributed by atoms with Gasteiger partial charge in [-0.15, -0.1) is 0 Å². The van der Waals surface area contributed by atoms with E-state index in [2.05, 4.69) is 96.9 Å². The average molecular weight is 373 g/mol. The maximum atomic E-state index is 9.15. The molecule has 1 aliphatic carbocycles. The molecule has 2 aromatic rings. The summed E-state index contributed by atoms with van der Waals surface area (Å²) in [6.45, 7) is 13.1. The first-order valence-electron chi connectivity index (χ1n) is 10.0. The average Bonchev–Trinajstić information content (AvgIpc) is 2.90. The van der Waals surface area contributed by atoms with E-state index >= 15 is 0 Å². The van der Waals surface area contributed by atoms with Crippen LogP contribution in [-0.2, 0) is 0 Å². The minimum absolute atomic E-state index is 0.373. The minimum Gasteiger partial charge on any atom is -0.378 e. The molecule has 0 heterocycles. The van der Waals surface area contributed by atoms with Crippen molar-refractivity contribution in [2.24, 2.45) is 5.92 Å². The van der Waals surface area contributed by atoms with E-state index in [1.54, 1.807) is 0 Å². The lowest BCUT2D eigenvalue weighted by molar-refractivity contribution is 0.974. The Balaban J connectivity index is 2.23. The largest absolute Gasteiger partial charge is 0.378 e. The molecule has 2 nitrogen and oxygen atoms in total. The first-order valence-corrected chi connectivity index (χ1v) is 10.0. The first-order chi connectivity index (χ1) is 13.1. The zero-order valence-electron chi connectivity index (χ0n) is 18.5. The highest BCUT2D eigenvalue weighted by Gasteiger charge is 2.24. The van der Waals surface area contributed by atoms with E-state index in [-0.39, 0.29) is 0 Å². The Morgan fingerprint density at radius 2 is 1.57 bits per heavy atom. The Morgan fingerprint density at radius 3 is 2.14 bits per heavy atom. The number of hydrogen-bond acceptors (Lipinski definition) is 2. The highest BCUT2D eigenvalue weighted by atomic mass is 15.1. The van der Waals surface area contributed by atoms with Crippen molar-refractivity contribution in [3.63, 3.8) is 0 Å². The van der Waals surface area contributed by atoms with Crippen LogP contribution >= 0.6 is 0 Å². The molecule has 0 spiro atoms. The normalized spacial score (nSPS) is 16.4. The van der Waals surface area contributed by atoms with Crippen LogP contribution in [0.3, 0.4) is 0 Å². The van der Waals surface area contributed by atoms with Gasteiger partial charge in [0.05, 0.1) is 5.71 Å². The Labute approximate surface area is 170 Å². The molecule has 146 valence electrons. The maximum absolute atomic E-state index is 9.15. The molecular formula is C26H32N2. The van der Waals surface area contributed by atoms with E-state index in [4.69, 9.17) is 5.41 Å². The van der Waals surface area contributed by atoms with E-state index < -0.39 is 0 Å². The van der Waals surface area contributed by atoms with Crippen LogP contribution in [0.5, 0.6) is 0 Å². The van der Waals surface area contributed by atoms with Crippen LogP contribution in [0.4, 0.5) is 5.69 Å². The van der Waals surface area contributed by atoms with E-state index in [0.717, 1.165) is 16.8 Å². The minimum atomic E-state index is 0.373. The molecule has 0 aromatic heterocycles. The van der Waals surface area contributed by atoms with Crippen molar-refractivity contribution in [3.05, 3.63) is 80.9 Å². The van der Waals surface area contributed by atoms with Crippen molar-refractivity contribution < 1.29 is 0 Å². The molecule has 2 heteroatoms. The van der Waals surface area contributed by atoms with Crippen molar-refractivity contribution >= 4 is 17.0 Å². The quantitative estimate of drug-likeness (QED) is 0.612. The van der Waals surface area contributed by atoms with Crippen LogP contribution in [0.15, 0.2) is 47.6 Å². The van der Waals surface area contributed by atoms with Gasteiger partial charge in [-0.3, -0.25) is 5.41 Å². The van der Waals surface area contributed by atoms with Crippen LogP contribution in [0, 0.1) is 32.1 Å². The maximum Gasteiger partial charge on any atom is 0.0694 e.